The van der Waals surface area contributed by atoms with E-state index in [4.69, 9.17) is 9.47 Å². The van der Waals surface area contributed by atoms with Gasteiger partial charge in [0.1, 0.15) is 0 Å². The van der Waals surface area contributed by atoms with Gasteiger partial charge in [0.05, 0.1) is 25.8 Å². The highest BCUT2D eigenvalue weighted by atomic mass is 127. The maximum atomic E-state index is 12.7. The van der Waals surface area contributed by atoms with Crippen LogP contribution >= 0.6 is 35.3 Å². The fourth-order valence-corrected chi connectivity index (χ4v) is 4.44. The molecule has 1 amide bonds. The van der Waals surface area contributed by atoms with Crippen molar-refractivity contribution in [2.24, 2.45) is 4.99 Å². The van der Waals surface area contributed by atoms with Gasteiger partial charge in [0, 0.05) is 25.0 Å². The zero-order valence-electron chi connectivity index (χ0n) is 19.1. The van der Waals surface area contributed by atoms with Crippen molar-refractivity contribution in [3.8, 4) is 11.5 Å². The van der Waals surface area contributed by atoms with Crippen LogP contribution in [0.15, 0.2) is 34.6 Å². The second kappa shape index (κ2) is 12.9. The van der Waals surface area contributed by atoms with E-state index >= 15 is 0 Å². The molecule has 0 saturated heterocycles. The third-order valence-corrected chi connectivity index (χ3v) is 6.23. The number of ether oxygens (including phenoxy) is 2. The van der Waals surface area contributed by atoms with Gasteiger partial charge in [0.15, 0.2) is 17.5 Å². The molecule has 0 bridgehead atoms. The van der Waals surface area contributed by atoms with Crippen molar-refractivity contribution in [3.63, 3.8) is 0 Å². The second-order valence-electron chi connectivity index (χ2n) is 7.30. The summed E-state index contributed by atoms with van der Waals surface area (Å²) in [6, 6.07) is 8.01. The van der Waals surface area contributed by atoms with E-state index in [2.05, 4.69) is 27.1 Å². The van der Waals surface area contributed by atoms with Gasteiger partial charge in [-0.15, -0.1) is 35.3 Å². The first kappa shape index (κ1) is 26.2. The first-order chi connectivity index (χ1) is 15.0. The van der Waals surface area contributed by atoms with Crippen LogP contribution in [-0.4, -0.2) is 50.1 Å². The van der Waals surface area contributed by atoms with Gasteiger partial charge in [-0.05, 0) is 61.9 Å². The fraction of sp³-hybridized carbons (Fsp3) is 0.478. The number of thiophene rings is 1. The average molecular weight is 573 g/mol. The molecule has 2 N–H and O–H groups in total. The van der Waals surface area contributed by atoms with E-state index in [9.17, 15) is 4.79 Å². The molecule has 1 atom stereocenters. The molecule has 0 radical (unpaired) electrons. The van der Waals surface area contributed by atoms with Crippen molar-refractivity contribution in [1.29, 1.82) is 0 Å². The number of amides is 1. The lowest BCUT2D eigenvalue weighted by Gasteiger charge is -2.27. The molecule has 2 heterocycles. The molecule has 3 rings (SSSR count). The molecule has 0 fully saturated rings. The van der Waals surface area contributed by atoms with Crippen LogP contribution in [0.1, 0.15) is 42.8 Å². The van der Waals surface area contributed by atoms with Crippen LogP contribution in [0.4, 0.5) is 0 Å². The van der Waals surface area contributed by atoms with Crippen LogP contribution in [0.3, 0.4) is 0 Å². The summed E-state index contributed by atoms with van der Waals surface area (Å²) >= 11 is 1.77. The van der Waals surface area contributed by atoms with E-state index in [0.717, 1.165) is 30.0 Å². The lowest BCUT2D eigenvalue weighted by molar-refractivity contribution is -0.130. The molecule has 1 aliphatic rings. The maximum Gasteiger partial charge on any atom is 0.242 e. The molecule has 1 aliphatic heterocycles. The first-order valence-electron chi connectivity index (χ1n) is 10.7. The summed E-state index contributed by atoms with van der Waals surface area (Å²) < 4.78 is 11.4. The van der Waals surface area contributed by atoms with Crippen LogP contribution in [0.2, 0.25) is 0 Å². The van der Waals surface area contributed by atoms with Crippen molar-refractivity contribution in [3.05, 3.63) is 45.6 Å². The largest absolute Gasteiger partial charge is 0.490 e. The van der Waals surface area contributed by atoms with Crippen LogP contribution in [0, 0.1) is 0 Å². The molecule has 9 heteroatoms. The summed E-state index contributed by atoms with van der Waals surface area (Å²) in [7, 11) is 1.70. The van der Waals surface area contributed by atoms with E-state index in [1.165, 1.54) is 10.4 Å². The molecule has 32 heavy (non-hydrogen) atoms. The number of halogens is 1. The van der Waals surface area contributed by atoms with Gasteiger partial charge in [-0.3, -0.25) is 9.79 Å². The molecule has 1 aromatic carbocycles. The highest BCUT2D eigenvalue weighted by Gasteiger charge is 2.21. The SMILES string of the molecule is CCOc1ccc(C(C)NC(=NC)NCC(=O)N2CCc3sccc3C2)cc1OCC.I. The Kier molecular flexibility index (Phi) is 10.6. The summed E-state index contributed by atoms with van der Waals surface area (Å²) in [6.45, 7) is 8.77. The van der Waals surface area contributed by atoms with Crippen LogP contribution in [-0.2, 0) is 17.8 Å². The van der Waals surface area contributed by atoms with Crippen molar-refractivity contribution >= 4 is 47.2 Å². The van der Waals surface area contributed by atoms with Crippen molar-refractivity contribution < 1.29 is 14.3 Å². The number of benzene rings is 1. The maximum absolute atomic E-state index is 12.7. The zero-order chi connectivity index (χ0) is 22.2. The minimum absolute atomic E-state index is 0. The van der Waals surface area contributed by atoms with Gasteiger partial charge in [-0.1, -0.05) is 6.07 Å². The zero-order valence-corrected chi connectivity index (χ0v) is 22.3. The van der Waals surface area contributed by atoms with Gasteiger partial charge in [0.2, 0.25) is 5.91 Å². The van der Waals surface area contributed by atoms with Gasteiger partial charge < -0.3 is 25.0 Å². The average Bonchev–Trinajstić information content (AvgIpc) is 3.25. The van der Waals surface area contributed by atoms with E-state index in [0.29, 0.717) is 25.7 Å². The Morgan fingerprint density at radius 3 is 2.69 bits per heavy atom. The quantitative estimate of drug-likeness (QED) is 0.285. The minimum atomic E-state index is -0.0282. The van der Waals surface area contributed by atoms with E-state index in [1.807, 2.05) is 43.9 Å². The molecule has 176 valence electrons. The molecule has 0 saturated carbocycles. The van der Waals surface area contributed by atoms with Crippen molar-refractivity contribution in [2.45, 2.75) is 39.8 Å². The van der Waals surface area contributed by atoms with Gasteiger partial charge >= 0.3 is 0 Å². The molecular formula is C23H33IN4O3S. The summed E-state index contributed by atoms with van der Waals surface area (Å²) in [4.78, 5) is 20.2. The number of fused-ring (bicyclic) bond motifs is 1. The number of nitrogens with one attached hydrogen (secondary N) is 2. The third kappa shape index (κ3) is 6.74. The van der Waals surface area contributed by atoms with Crippen molar-refractivity contribution in [2.75, 3.05) is 33.4 Å². The Morgan fingerprint density at radius 1 is 1.22 bits per heavy atom. The normalized spacial score (nSPS) is 14.1. The van der Waals surface area contributed by atoms with Gasteiger partial charge in [-0.2, -0.15) is 0 Å². The molecule has 1 aromatic heterocycles. The number of rotatable bonds is 8. The molecule has 1 unspecified atom stereocenters. The topological polar surface area (TPSA) is 75.2 Å². The predicted molar refractivity (Wildman–Crippen MR) is 141 cm³/mol. The Balaban J connectivity index is 0.00000363. The van der Waals surface area contributed by atoms with Crippen LogP contribution < -0.4 is 20.1 Å². The highest BCUT2D eigenvalue weighted by Crippen LogP contribution is 2.30. The number of aliphatic imine (C=N–C) groups is 1. The van der Waals surface area contributed by atoms with E-state index in [-0.39, 0.29) is 42.5 Å². The molecular weight excluding hydrogens is 539 g/mol. The summed E-state index contributed by atoms with van der Waals surface area (Å²) in [6.07, 6.45) is 0.933. The van der Waals surface area contributed by atoms with Gasteiger partial charge in [-0.25, -0.2) is 0 Å². The van der Waals surface area contributed by atoms with Crippen LogP contribution in [0.5, 0.6) is 11.5 Å². The summed E-state index contributed by atoms with van der Waals surface area (Å²) in [5.74, 6) is 2.13. The van der Waals surface area contributed by atoms with E-state index in [1.54, 1.807) is 18.4 Å². The number of guanidine groups is 1. The predicted octanol–water partition coefficient (Wildman–Crippen LogP) is 3.97. The summed E-state index contributed by atoms with van der Waals surface area (Å²) in [5, 5.41) is 8.60. The van der Waals surface area contributed by atoms with E-state index < -0.39 is 0 Å². The molecule has 7 nitrogen and oxygen atoms in total. The number of carbonyl (C=O) groups is 1. The van der Waals surface area contributed by atoms with Gasteiger partial charge in [0.25, 0.3) is 0 Å². The number of hydrogen-bond donors (Lipinski definition) is 2. The standard InChI is InChI=1S/C23H32N4O3S.HI/c1-5-29-19-8-7-17(13-20(19)30-6-2)16(3)26-23(24-4)25-14-22(28)27-11-9-21-18(15-27)10-12-31-21;/h7-8,10,12-13,16H,5-6,9,11,14-15H2,1-4H3,(H2,24,25,26);1H. The molecule has 0 spiro atoms. The lowest BCUT2D eigenvalue weighted by atomic mass is 10.1. The summed E-state index contributed by atoms with van der Waals surface area (Å²) in [5.41, 5.74) is 2.31. The Morgan fingerprint density at radius 2 is 1.97 bits per heavy atom. The molecule has 2 aromatic rings. The van der Waals surface area contributed by atoms with Crippen LogP contribution in [0.25, 0.3) is 0 Å². The third-order valence-electron chi connectivity index (χ3n) is 5.21. The first-order valence-corrected chi connectivity index (χ1v) is 11.6. The number of carbonyl (C=O) groups excluding carboxylic acids is 1. The lowest BCUT2D eigenvalue weighted by Crippen LogP contribution is -2.46. The fourth-order valence-electron chi connectivity index (χ4n) is 3.55. The Bertz CT molecular complexity index is 918. The molecule has 0 aliphatic carbocycles. The smallest absolute Gasteiger partial charge is 0.242 e. The Hall–Kier alpha value is -2.01. The Labute approximate surface area is 211 Å². The number of nitrogens with zero attached hydrogens (tertiary/aromatic N) is 2. The second-order valence-corrected chi connectivity index (χ2v) is 8.30. The minimum Gasteiger partial charge on any atom is -0.490 e. The number of hydrogen-bond acceptors (Lipinski definition) is 5. The monoisotopic (exact) mass is 572 g/mol. The van der Waals surface area contributed by atoms with Crippen molar-refractivity contribution in [1.82, 2.24) is 15.5 Å². The highest BCUT2D eigenvalue weighted by molar-refractivity contribution is 14.0.